The predicted octanol–water partition coefficient (Wildman–Crippen LogP) is 5.94. The molecule has 0 aliphatic carbocycles. The van der Waals surface area contributed by atoms with E-state index in [0.717, 1.165) is 43.5 Å². The number of aromatic nitrogens is 3. The lowest BCUT2D eigenvalue weighted by atomic mass is 10.1. The first kappa shape index (κ1) is 20.5. The van der Waals surface area contributed by atoms with Crippen LogP contribution in [-0.4, -0.2) is 14.4 Å². The molecule has 0 aliphatic heterocycles. The standard InChI is InChI=1S/C30H20N3PS/c35-34(21-9-2-1-3-10-21,23-11-8-18-31-20-23)22-16-17-27-29(19-22)33-28-15-7-6-13-25(28)24-12-4-5-14-26(24)30(33)32-27/h1-20H. The van der Waals surface area contributed by atoms with Crippen LogP contribution in [0.4, 0.5) is 0 Å². The normalized spacial score (nSPS) is 13.5. The van der Waals surface area contributed by atoms with E-state index in [-0.39, 0.29) is 0 Å². The van der Waals surface area contributed by atoms with Crippen LogP contribution >= 0.6 is 6.04 Å². The van der Waals surface area contributed by atoms with E-state index in [0.29, 0.717) is 0 Å². The molecule has 0 spiro atoms. The van der Waals surface area contributed by atoms with Gasteiger partial charge in [-0.3, -0.25) is 9.38 Å². The Bertz CT molecular complexity index is 1880. The molecule has 0 saturated heterocycles. The molecule has 0 bridgehead atoms. The van der Waals surface area contributed by atoms with Crippen molar-refractivity contribution >= 4 is 72.1 Å². The Morgan fingerprint density at radius 3 is 2.11 bits per heavy atom. The monoisotopic (exact) mass is 485 g/mol. The van der Waals surface area contributed by atoms with Gasteiger partial charge in [-0.05, 0) is 40.3 Å². The highest BCUT2D eigenvalue weighted by Crippen LogP contribution is 2.43. The third-order valence-electron chi connectivity index (χ3n) is 6.73. The molecule has 0 N–H and O–H groups in total. The Morgan fingerprint density at radius 2 is 1.31 bits per heavy atom. The Hall–Kier alpha value is -3.85. The second-order valence-electron chi connectivity index (χ2n) is 8.66. The van der Waals surface area contributed by atoms with Crippen molar-refractivity contribution in [1.82, 2.24) is 14.4 Å². The second kappa shape index (κ2) is 7.84. The quantitative estimate of drug-likeness (QED) is 0.229. The first-order chi connectivity index (χ1) is 17.2. The van der Waals surface area contributed by atoms with Crippen molar-refractivity contribution in [1.29, 1.82) is 0 Å². The minimum absolute atomic E-state index is 0.969. The van der Waals surface area contributed by atoms with Crippen LogP contribution in [0.5, 0.6) is 0 Å². The van der Waals surface area contributed by atoms with Crippen LogP contribution in [0, 0.1) is 0 Å². The molecule has 0 radical (unpaired) electrons. The number of fused-ring (bicyclic) bond motifs is 8. The number of hydrogen-bond acceptors (Lipinski definition) is 3. The topological polar surface area (TPSA) is 30.2 Å². The van der Waals surface area contributed by atoms with Crippen molar-refractivity contribution in [2.75, 3.05) is 0 Å². The zero-order chi connectivity index (χ0) is 23.4. The van der Waals surface area contributed by atoms with Gasteiger partial charge in [0.05, 0.1) is 16.6 Å². The third-order valence-corrected chi connectivity index (χ3v) is 11.7. The summed E-state index contributed by atoms with van der Waals surface area (Å²) in [6.45, 7) is 0. The Labute approximate surface area is 207 Å². The van der Waals surface area contributed by atoms with Gasteiger partial charge in [-0.2, -0.15) is 0 Å². The van der Waals surface area contributed by atoms with E-state index in [1.165, 1.54) is 10.8 Å². The Morgan fingerprint density at radius 1 is 0.600 bits per heavy atom. The Kier molecular flexibility index (Phi) is 4.60. The van der Waals surface area contributed by atoms with Crippen molar-refractivity contribution in [2.45, 2.75) is 0 Å². The zero-order valence-corrected chi connectivity index (χ0v) is 20.5. The lowest BCUT2D eigenvalue weighted by Crippen LogP contribution is -2.25. The second-order valence-corrected chi connectivity index (χ2v) is 13.1. The van der Waals surface area contributed by atoms with E-state index < -0.39 is 6.04 Å². The number of pyridine rings is 2. The minimum Gasteiger partial charge on any atom is -0.292 e. The number of para-hydroxylation sites is 1. The van der Waals surface area contributed by atoms with Crippen molar-refractivity contribution in [3.63, 3.8) is 0 Å². The maximum Gasteiger partial charge on any atom is 0.146 e. The zero-order valence-electron chi connectivity index (χ0n) is 18.7. The molecule has 166 valence electrons. The third kappa shape index (κ3) is 3.01. The largest absolute Gasteiger partial charge is 0.292 e. The summed E-state index contributed by atoms with van der Waals surface area (Å²) in [6, 6.07) is 35.9. The predicted molar refractivity (Wildman–Crippen MR) is 152 cm³/mol. The highest BCUT2D eigenvalue weighted by atomic mass is 32.4. The van der Waals surface area contributed by atoms with Crippen LogP contribution in [0.1, 0.15) is 0 Å². The van der Waals surface area contributed by atoms with Crippen molar-refractivity contribution in [3.05, 3.63) is 122 Å². The molecule has 3 heterocycles. The molecule has 0 amide bonds. The van der Waals surface area contributed by atoms with Gasteiger partial charge in [0.1, 0.15) is 5.65 Å². The lowest BCUT2D eigenvalue weighted by molar-refractivity contribution is 1.32. The fraction of sp³-hybridized carbons (Fsp3) is 0. The molecule has 5 heteroatoms. The van der Waals surface area contributed by atoms with Crippen molar-refractivity contribution in [2.24, 2.45) is 0 Å². The first-order valence-corrected chi connectivity index (χ1v) is 14.3. The van der Waals surface area contributed by atoms with E-state index in [2.05, 4.69) is 106 Å². The molecule has 1 atom stereocenters. The summed E-state index contributed by atoms with van der Waals surface area (Å²) in [5, 5.41) is 6.97. The highest BCUT2D eigenvalue weighted by molar-refractivity contribution is 8.25. The van der Waals surface area contributed by atoms with Crippen LogP contribution in [0.25, 0.3) is 38.4 Å². The van der Waals surface area contributed by atoms with Gasteiger partial charge in [-0.1, -0.05) is 96.7 Å². The van der Waals surface area contributed by atoms with E-state index in [1.807, 2.05) is 18.3 Å². The molecule has 3 aromatic heterocycles. The first-order valence-electron chi connectivity index (χ1n) is 11.5. The summed E-state index contributed by atoms with van der Waals surface area (Å²) in [5.41, 5.74) is 4.17. The average Bonchev–Trinajstić information content (AvgIpc) is 3.33. The van der Waals surface area contributed by atoms with Gasteiger partial charge in [0.2, 0.25) is 0 Å². The number of hydrogen-bond donors (Lipinski definition) is 0. The van der Waals surface area contributed by atoms with Gasteiger partial charge in [-0.25, -0.2) is 4.98 Å². The summed E-state index contributed by atoms with van der Waals surface area (Å²) in [7, 11) is 0. The van der Waals surface area contributed by atoms with Crippen LogP contribution in [0.3, 0.4) is 0 Å². The Balaban J connectivity index is 1.61. The fourth-order valence-corrected chi connectivity index (χ4v) is 8.75. The molecule has 1 unspecified atom stereocenters. The van der Waals surface area contributed by atoms with Gasteiger partial charge in [0.15, 0.2) is 0 Å². The number of benzene rings is 4. The van der Waals surface area contributed by atoms with E-state index in [9.17, 15) is 0 Å². The van der Waals surface area contributed by atoms with Crippen LogP contribution < -0.4 is 15.9 Å². The molecule has 0 saturated carbocycles. The van der Waals surface area contributed by atoms with Crippen molar-refractivity contribution < 1.29 is 0 Å². The number of rotatable bonds is 3. The van der Waals surface area contributed by atoms with Gasteiger partial charge in [0, 0.05) is 34.5 Å². The summed E-state index contributed by atoms with van der Waals surface area (Å²) in [6.07, 6.45) is 3.73. The highest BCUT2D eigenvalue weighted by Gasteiger charge is 2.26. The van der Waals surface area contributed by atoms with Gasteiger partial charge in [0.25, 0.3) is 0 Å². The van der Waals surface area contributed by atoms with Crippen LogP contribution in [0.15, 0.2) is 122 Å². The van der Waals surface area contributed by atoms with Gasteiger partial charge < -0.3 is 0 Å². The molecule has 3 nitrogen and oxygen atoms in total. The molecule has 7 aromatic rings. The van der Waals surface area contributed by atoms with Crippen LogP contribution in [-0.2, 0) is 11.8 Å². The average molecular weight is 486 g/mol. The number of nitrogens with zero attached hydrogens (tertiary/aromatic N) is 3. The SMILES string of the molecule is S=P(c1ccccc1)(c1cccnc1)c1ccc2nc3c4ccccc4c4ccccc4n3c2c1. The molecular formula is C30H20N3PS. The summed E-state index contributed by atoms with van der Waals surface area (Å²) >= 11 is 6.58. The molecular weight excluding hydrogens is 465 g/mol. The summed E-state index contributed by atoms with van der Waals surface area (Å²) < 4.78 is 2.30. The maximum atomic E-state index is 6.58. The maximum absolute atomic E-state index is 6.58. The lowest BCUT2D eigenvalue weighted by Gasteiger charge is -2.23. The molecule has 35 heavy (non-hydrogen) atoms. The summed E-state index contributed by atoms with van der Waals surface area (Å²) in [5.74, 6) is 0. The fourth-order valence-electron chi connectivity index (χ4n) is 5.12. The minimum atomic E-state index is -2.31. The summed E-state index contributed by atoms with van der Waals surface area (Å²) in [4.78, 5) is 9.51. The van der Waals surface area contributed by atoms with E-state index in [1.54, 1.807) is 6.20 Å². The van der Waals surface area contributed by atoms with Gasteiger partial charge in [-0.15, -0.1) is 0 Å². The molecule has 0 aliphatic rings. The molecule has 4 aromatic carbocycles. The van der Waals surface area contributed by atoms with E-state index >= 15 is 0 Å². The number of imidazole rings is 1. The van der Waals surface area contributed by atoms with E-state index in [4.69, 9.17) is 16.8 Å². The van der Waals surface area contributed by atoms with Crippen LogP contribution in [0.2, 0.25) is 0 Å². The van der Waals surface area contributed by atoms with Gasteiger partial charge >= 0.3 is 0 Å². The smallest absolute Gasteiger partial charge is 0.146 e. The molecule has 0 fully saturated rings. The van der Waals surface area contributed by atoms with Crippen molar-refractivity contribution in [3.8, 4) is 0 Å². The molecule has 7 rings (SSSR count).